The summed E-state index contributed by atoms with van der Waals surface area (Å²) in [6.07, 6.45) is 3.03. The summed E-state index contributed by atoms with van der Waals surface area (Å²) in [7, 11) is 0. The Morgan fingerprint density at radius 3 is 2.86 bits per heavy atom. The van der Waals surface area contributed by atoms with E-state index in [-0.39, 0.29) is 0 Å². The van der Waals surface area contributed by atoms with E-state index < -0.39 is 6.23 Å². The summed E-state index contributed by atoms with van der Waals surface area (Å²) in [4.78, 5) is 4.65. The number of ether oxygens (including phenoxy) is 1. The Kier molecular flexibility index (Phi) is 5.87. The summed E-state index contributed by atoms with van der Waals surface area (Å²) in [6, 6.07) is 9.77. The summed E-state index contributed by atoms with van der Waals surface area (Å²) in [5, 5.41) is 12.8. The van der Waals surface area contributed by atoms with E-state index in [0.29, 0.717) is 22.5 Å². The molecule has 1 N–H and O–H groups in total. The van der Waals surface area contributed by atoms with Crippen molar-refractivity contribution in [2.45, 2.75) is 44.5 Å². The second-order valence-corrected chi connectivity index (χ2v) is 8.56. The third-order valence-corrected chi connectivity index (χ3v) is 5.80. The van der Waals surface area contributed by atoms with Gasteiger partial charge < -0.3 is 14.5 Å². The number of anilines is 1. The average molecular weight is 461 g/mol. The number of aryl methyl sites for hydroxylation is 1. The molecule has 0 saturated heterocycles. The fourth-order valence-electron chi connectivity index (χ4n) is 2.97. The van der Waals surface area contributed by atoms with Gasteiger partial charge in [0.1, 0.15) is 5.76 Å². The van der Waals surface area contributed by atoms with E-state index in [9.17, 15) is 0 Å². The lowest BCUT2D eigenvalue weighted by atomic mass is 10.1. The molecule has 0 radical (unpaired) electrons. The lowest BCUT2D eigenvalue weighted by molar-refractivity contribution is 0.194. The Morgan fingerprint density at radius 1 is 1.18 bits per heavy atom. The Morgan fingerprint density at radius 2 is 2.07 bits per heavy atom. The molecule has 0 unspecified atom stereocenters. The number of nitrogens with zero attached hydrogens (tertiary/aromatic N) is 3. The molecule has 3 aromatic rings. The van der Waals surface area contributed by atoms with Crippen LogP contribution in [-0.2, 0) is 0 Å². The summed E-state index contributed by atoms with van der Waals surface area (Å²) in [5.41, 5.74) is 2.39. The van der Waals surface area contributed by atoms with Crippen LogP contribution in [0.5, 0.6) is 5.88 Å². The molecule has 4 rings (SSSR count). The molecule has 0 spiro atoms. The number of nitrogens with one attached hydrogen (secondary N) is 1. The van der Waals surface area contributed by atoms with Crippen molar-refractivity contribution >= 4 is 33.4 Å². The van der Waals surface area contributed by atoms with Gasteiger partial charge in [0.05, 0.1) is 0 Å². The first-order valence-electron chi connectivity index (χ1n) is 9.31. The fourth-order valence-corrected chi connectivity index (χ4v) is 4.11. The van der Waals surface area contributed by atoms with Gasteiger partial charge in [-0.1, -0.05) is 47.5 Å². The SMILES string of the molecule is CCCCCSc1nnc2c(n1)O[C@@H](c1ccc(C)o1)Nc1ccc(Br)cc1-2. The molecule has 3 heterocycles. The molecule has 0 aliphatic carbocycles. The molecule has 28 heavy (non-hydrogen) atoms. The number of fused-ring (bicyclic) bond motifs is 3. The van der Waals surface area contributed by atoms with Crippen molar-refractivity contribution in [2.75, 3.05) is 11.1 Å². The topological polar surface area (TPSA) is 73.1 Å². The predicted molar refractivity (Wildman–Crippen MR) is 114 cm³/mol. The van der Waals surface area contributed by atoms with Crippen LogP contribution in [0.15, 0.2) is 44.4 Å². The Labute approximate surface area is 176 Å². The predicted octanol–water partition coefficient (Wildman–Crippen LogP) is 5.99. The molecule has 0 bridgehead atoms. The number of hydrogen-bond donors (Lipinski definition) is 1. The quantitative estimate of drug-likeness (QED) is 0.357. The van der Waals surface area contributed by atoms with E-state index in [1.807, 2.05) is 37.3 Å². The molecule has 2 aromatic heterocycles. The molecule has 1 aliphatic heterocycles. The largest absolute Gasteiger partial charge is 0.460 e. The molecule has 1 aromatic carbocycles. The molecule has 0 fully saturated rings. The highest BCUT2D eigenvalue weighted by molar-refractivity contribution is 9.10. The van der Waals surface area contributed by atoms with Crippen molar-refractivity contribution in [3.05, 3.63) is 46.3 Å². The number of aromatic nitrogens is 3. The van der Waals surface area contributed by atoms with Crippen LogP contribution in [0.25, 0.3) is 11.3 Å². The molecule has 1 atom stereocenters. The second-order valence-electron chi connectivity index (χ2n) is 6.58. The third kappa shape index (κ3) is 4.17. The maximum atomic E-state index is 6.20. The minimum absolute atomic E-state index is 0.455. The first-order valence-corrected chi connectivity index (χ1v) is 11.1. The van der Waals surface area contributed by atoms with Crippen LogP contribution in [0.3, 0.4) is 0 Å². The maximum absolute atomic E-state index is 6.20. The van der Waals surface area contributed by atoms with Crippen molar-refractivity contribution in [3.63, 3.8) is 0 Å². The summed E-state index contributed by atoms with van der Waals surface area (Å²) in [5.74, 6) is 2.94. The summed E-state index contributed by atoms with van der Waals surface area (Å²) in [6.45, 7) is 4.10. The van der Waals surface area contributed by atoms with Gasteiger partial charge in [0.2, 0.25) is 17.3 Å². The van der Waals surface area contributed by atoms with Gasteiger partial charge >= 0.3 is 0 Å². The van der Waals surface area contributed by atoms with E-state index >= 15 is 0 Å². The van der Waals surface area contributed by atoms with Crippen LogP contribution >= 0.6 is 27.7 Å². The molecule has 8 heteroatoms. The molecule has 0 saturated carbocycles. The van der Waals surface area contributed by atoms with Gasteiger partial charge in [0.15, 0.2) is 11.5 Å². The smallest absolute Gasteiger partial charge is 0.247 e. The molecule has 1 aliphatic rings. The number of halogens is 1. The van der Waals surface area contributed by atoms with Gasteiger partial charge in [-0.05, 0) is 43.7 Å². The number of unbranched alkanes of at least 4 members (excludes halogenated alkanes) is 2. The number of furan rings is 1. The van der Waals surface area contributed by atoms with Gasteiger partial charge in [0.25, 0.3) is 0 Å². The van der Waals surface area contributed by atoms with Crippen molar-refractivity contribution < 1.29 is 9.15 Å². The lowest BCUT2D eigenvalue weighted by Gasteiger charge is -2.16. The number of rotatable bonds is 6. The van der Waals surface area contributed by atoms with E-state index in [2.05, 4.69) is 43.4 Å². The first-order chi connectivity index (χ1) is 13.6. The van der Waals surface area contributed by atoms with Crippen molar-refractivity contribution in [1.29, 1.82) is 0 Å². The van der Waals surface area contributed by atoms with Gasteiger partial charge in [-0.25, -0.2) is 0 Å². The Bertz CT molecular complexity index is 979. The normalized spacial score (nSPS) is 15.2. The van der Waals surface area contributed by atoms with Gasteiger partial charge in [0, 0.05) is 21.5 Å². The Balaban J connectivity index is 1.70. The van der Waals surface area contributed by atoms with Crippen molar-refractivity contribution in [3.8, 4) is 17.1 Å². The molecule has 6 nitrogen and oxygen atoms in total. The first kappa shape index (κ1) is 19.3. The zero-order valence-corrected chi connectivity index (χ0v) is 18.1. The average Bonchev–Trinajstić information content (AvgIpc) is 3.05. The summed E-state index contributed by atoms with van der Waals surface area (Å²) >= 11 is 5.14. The second kappa shape index (κ2) is 8.53. The van der Waals surface area contributed by atoms with Crippen LogP contribution in [0.1, 0.15) is 43.9 Å². The number of benzene rings is 1. The minimum Gasteiger partial charge on any atom is -0.460 e. The third-order valence-electron chi connectivity index (χ3n) is 4.39. The van der Waals surface area contributed by atoms with E-state index in [4.69, 9.17) is 9.15 Å². The molecular weight excluding hydrogens is 440 g/mol. The van der Waals surface area contributed by atoms with Gasteiger partial charge in [-0.15, -0.1) is 10.2 Å². The molecule has 0 amide bonds. The van der Waals surface area contributed by atoms with Crippen LogP contribution < -0.4 is 10.1 Å². The van der Waals surface area contributed by atoms with Crippen LogP contribution in [0.2, 0.25) is 0 Å². The van der Waals surface area contributed by atoms with Crippen LogP contribution in [-0.4, -0.2) is 20.9 Å². The fraction of sp³-hybridized carbons (Fsp3) is 0.350. The van der Waals surface area contributed by atoms with Crippen molar-refractivity contribution in [1.82, 2.24) is 15.2 Å². The van der Waals surface area contributed by atoms with Crippen LogP contribution in [0, 0.1) is 6.92 Å². The highest BCUT2D eigenvalue weighted by atomic mass is 79.9. The van der Waals surface area contributed by atoms with Crippen molar-refractivity contribution in [2.24, 2.45) is 0 Å². The zero-order valence-electron chi connectivity index (χ0n) is 15.7. The minimum atomic E-state index is -0.496. The number of thioether (sulfide) groups is 1. The standard InChI is InChI=1S/C20H21BrN4O2S/c1-3-4-5-10-28-20-23-19-17(24-25-20)14-11-13(21)7-8-15(14)22-18(27-19)16-9-6-12(2)26-16/h6-9,11,18,22H,3-5,10H2,1-2H3/t18-/m0/s1. The monoisotopic (exact) mass is 460 g/mol. The maximum Gasteiger partial charge on any atom is 0.247 e. The molecular formula is C20H21BrN4O2S. The van der Waals surface area contributed by atoms with E-state index in [1.54, 1.807) is 11.8 Å². The summed E-state index contributed by atoms with van der Waals surface area (Å²) < 4.78 is 12.9. The van der Waals surface area contributed by atoms with Crippen LogP contribution in [0.4, 0.5) is 5.69 Å². The molecule has 146 valence electrons. The van der Waals surface area contributed by atoms with Gasteiger partial charge in [-0.2, -0.15) is 4.98 Å². The number of hydrogen-bond acceptors (Lipinski definition) is 7. The lowest BCUT2D eigenvalue weighted by Crippen LogP contribution is -2.16. The van der Waals surface area contributed by atoms with E-state index in [0.717, 1.165) is 33.7 Å². The van der Waals surface area contributed by atoms with Gasteiger partial charge in [-0.3, -0.25) is 0 Å². The Hall–Kier alpha value is -2.06. The zero-order chi connectivity index (χ0) is 19.5. The van der Waals surface area contributed by atoms with E-state index in [1.165, 1.54) is 12.8 Å². The highest BCUT2D eigenvalue weighted by Crippen LogP contribution is 2.41. The highest BCUT2D eigenvalue weighted by Gasteiger charge is 2.28.